The van der Waals surface area contributed by atoms with E-state index in [-0.39, 0.29) is 16.9 Å². The summed E-state index contributed by atoms with van der Waals surface area (Å²) in [4.78, 5) is 11.3. The lowest BCUT2D eigenvalue weighted by Crippen LogP contribution is -2.34. The predicted molar refractivity (Wildman–Crippen MR) is 56.8 cm³/mol. The summed E-state index contributed by atoms with van der Waals surface area (Å²) >= 11 is 0. The minimum Gasteiger partial charge on any atom is -0.594 e. The zero-order valence-corrected chi connectivity index (χ0v) is 8.47. The smallest absolute Gasteiger partial charge is 0.340 e. The van der Waals surface area contributed by atoms with Crippen molar-refractivity contribution in [3.8, 4) is 0 Å². The lowest BCUT2D eigenvalue weighted by Gasteiger charge is -2.05. The third-order valence-corrected chi connectivity index (χ3v) is 2.30. The minimum atomic E-state index is -1.19. The highest BCUT2D eigenvalue weighted by molar-refractivity contribution is 6.05. The SMILES string of the molecule is Cc1ccc2c(C(=O)O)c(N)n[n+]([O-])c2c1. The normalized spacial score (nSPS) is 10.6. The fraction of sp³-hybridized carbons (Fsp3) is 0.100. The van der Waals surface area contributed by atoms with Crippen LogP contribution in [0.4, 0.5) is 5.82 Å². The fourth-order valence-electron chi connectivity index (χ4n) is 1.58. The molecule has 0 saturated heterocycles. The molecule has 0 spiro atoms. The second-order valence-corrected chi connectivity index (χ2v) is 3.46. The Bertz CT molecular complexity index is 595. The maximum Gasteiger partial charge on any atom is 0.340 e. The molecule has 0 bridgehead atoms. The first kappa shape index (κ1) is 10.2. The number of hydrogen-bond donors (Lipinski definition) is 2. The van der Waals surface area contributed by atoms with Gasteiger partial charge >= 0.3 is 5.97 Å². The Morgan fingerprint density at radius 3 is 2.88 bits per heavy atom. The van der Waals surface area contributed by atoms with E-state index in [0.29, 0.717) is 10.2 Å². The maximum absolute atomic E-state index is 11.5. The fourth-order valence-corrected chi connectivity index (χ4v) is 1.58. The van der Waals surface area contributed by atoms with Crippen molar-refractivity contribution in [1.29, 1.82) is 0 Å². The van der Waals surface area contributed by atoms with E-state index < -0.39 is 5.97 Å². The highest BCUT2D eigenvalue weighted by atomic mass is 16.5. The van der Waals surface area contributed by atoms with Crippen LogP contribution in [-0.4, -0.2) is 16.2 Å². The number of aromatic carboxylic acids is 1. The van der Waals surface area contributed by atoms with Crippen LogP contribution >= 0.6 is 0 Å². The molecule has 0 aliphatic carbocycles. The second-order valence-electron chi connectivity index (χ2n) is 3.46. The van der Waals surface area contributed by atoms with E-state index in [9.17, 15) is 10.0 Å². The standard InChI is InChI=1S/C10H9N3O3/c1-5-2-3-6-7(4-5)13(16)12-9(11)8(6)10(14)15/h2-4H,1H3,(H2,11,12)(H,14,15). The van der Waals surface area contributed by atoms with Gasteiger partial charge in [-0.15, -0.1) is 0 Å². The molecule has 0 amide bonds. The molecule has 6 nitrogen and oxygen atoms in total. The van der Waals surface area contributed by atoms with Gasteiger partial charge in [-0.2, -0.15) is 0 Å². The van der Waals surface area contributed by atoms with Crippen molar-refractivity contribution in [1.82, 2.24) is 5.10 Å². The van der Waals surface area contributed by atoms with Gasteiger partial charge in [-0.1, -0.05) is 6.07 Å². The quantitative estimate of drug-likeness (QED) is 0.535. The zero-order chi connectivity index (χ0) is 11.9. The van der Waals surface area contributed by atoms with Crippen molar-refractivity contribution in [2.75, 3.05) is 5.73 Å². The molecule has 0 aliphatic heterocycles. The number of carbonyl (C=O) groups is 1. The van der Waals surface area contributed by atoms with Crippen LogP contribution in [0.3, 0.4) is 0 Å². The Morgan fingerprint density at radius 1 is 1.56 bits per heavy atom. The average Bonchev–Trinajstić information content (AvgIpc) is 2.18. The number of nitrogen functional groups attached to an aromatic ring is 1. The molecular weight excluding hydrogens is 210 g/mol. The topological polar surface area (TPSA) is 103 Å². The van der Waals surface area contributed by atoms with Crippen LogP contribution in [0.15, 0.2) is 18.2 Å². The summed E-state index contributed by atoms with van der Waals surface area (Å²) in [6.07, 6.45) is 0. The first-order chi connectivity index (χ1) is 7.50. The first-order valence-corrected chi connectivity index (χ1v) is 4.53. The molecule has 1 aromatic heterocycles. The average molecular weight is 219 g/mol. The van der Waals surface area contributed by atoms with Gasteiger partial charge in [0, 0.05) is 11.2 Å². The third kappa shape index (κ3) is 1.40. The number of rotatable bonds is 1. The monoisotopic (exact) mass is 219 g/mol. The van der Waals surface area contributed by atoms with E-state index in [2.05, 4.69) is 5.10 Å². The summed E-state index contributed by atoms with van der Waals surface area (Å²) in [5.74, 6) is -1.47. The van der Waals surface area contributed by atoms with Crippen molar-refractivity contribution >= 4 is 22.7 Å². The molecule has 6 heteroatoms. The minimum absolute atomic E-state index is 0.137. The van der Waals surface area contributed by atoms with Gasteiger partial charge in [0.05, 0.1) is 5.39 Å². The predicted octanol–water partition coefficient (Wildman–Crippen LogP) is 0.457. The van der Waals surface area contributed by atoms with Gasteiger partial charge in [0.15, 0.2) is 0 Å². The van der Waals surface area contributed by atoms with Gasteiger partial charge in [0.2, 0.25) is 5.82 Å². The molecule has 0 atom stereocenters. The summed E-state index contributed by atoms with van der Waals surface area (Å²) in [5.41, 5.74) is 6.32. The number of benzene rings is 1. The van der Waals surface area contributed by atoms with E-state index in [0.717, 1.165) is 5.56 Å². The Balaban J connectivity index is 2.95. The number of nitrogens with zero attached hydrogens (tertiary/aromatic N) is 2. The van der Waals surface area contributed by atoms with Gasteiger partial charge < -0.3 is 16.0 Å². The molecule has 1 aromatic carbocycles. The number of anilines is 1. The lowest BCUT2D eigenvalue weighted by atomic mass is 10.1. The molecule has 0 saturated carbocycles. The Kier molecular flexibility index (Phi) is 2.12. The van der Waals surface area contributed by atoms with Gasteiger partial charge in [-0.3, -0.25) is 0 Å². The summed E-state index contributed by atoms with van der Waals surface area (Å²) < 4.78 is 0. The molecule has 0 radical (unpaired) electrons. The van der Waals surface area contributed by atoms with E-state index in [1.165, 1.54) is 0 Å². The van der Waals surface area contributed by atoms with Crippen molar-refractivity contribution in [3.63, 3.8) is 0 Å². The number of carboxylic acids is 1. The Hall–Kier alpha value is -2.37. The third-order valence-electron chi connectivity index (χ3n) is 2.30. The van der Waals surface area contributed by atoms with E-state index in [1.54, 1.807) is 25.1 Å². The van der Waals surface area contributed by atoms with Crippen molar-refractivity contribution in [3.05, 3.63) is 34.5 Å². The molecule has 2 aromatic rings. The van der Waals surface area contributed by atoms with E-state index in [1.807, 2.05) is 0 Å². The van der Waals surface area contributed by atoms with Gasteiger partial charge in [0.1, 0.15) is 5.56 Å². The van der Waals surface area contributed by atoms with Crippen LogP contribution in [0.25, 0.3) is 10.9 Å². The number of aryl methyl sites for hydroxylation is 1. The Morgan fingerprint density at radius 2 is 2.25 bits per heavy atom. The van der Waals surface area contributed by atoms with Crippen LogP contribution in [0.5, 0.6) is 0 Å². The molecule has 3 N–H and O–H groups in total. The highest BCUT2D eigenvalue weighted by Gasteiger charge is 2.20. The van der Waals surface area contributed by atoms with Gasteiger partial charge in [-0.25, -0.2) is 4.79 Å². The molecule has 0 unspecified atom stereocenters. The number of carboxylic acid groups (broad SMARTS) is 1. The van der Waals surface area contributed by atoms with Gasteiger partial charge in [0.25, 0.3) is 5.52 Å². The van der Waals surface area contributed by atoms with Crippen molar-refractivity contribution in [2.45, 2.75) is 6.92 Å². The number of nitrogens with two attached hydrogens (primary N) is 1. The van der Waals surface area contributed by atoms with Crippen molar-refractivity contribution < 1.29 is 14.7 Å². The largest absolute Gasteiger partial charge is 0.594 e. The number of fused-ring (bicyclic) bond motifs is 1. The Labute approximate surface area is 90.5 Å². The van der Waals surface area contributed by atoms with Crippen LogP contribution in [0, 0.1) is 12.1 Å². The molecule has 82 valence electrons. The molecule has 0 fully saturated rings. The van der Waals surface area contributed by atoms with Crippen LogP contribution in [0.2, 0.25) is 0 Å². The summed E-state index contributed by atoms with van der Waals surface area (Å²) in [6, 6.07) is 4.84. The molecular formula is C10H9N3O3. The maximum atomic E-state index is 11.5. The van der Waals surface area contributed by atoms with Crippen LogP contribution < -0.4 is 10.6 Å². The molecule has 1 heterocycles. The number of hydrogen-bond acceptors (Lipinski definition) is 4. The zero-order valence-electron chi connectivity index (χ0n) is 8.47. The van der Waals surface area contributed by atoms with Gasteiger partial charge in [-0.05, 0) is 23.4 Å². The van der Waals surface area contributed by atoms with Crippen LogP contribution in [-0.2, 0) is 0 Å². The first-order valence-electron chi connectivity index (χ1n) is 4.53. The van der Waals surface area contributed by atoms with Crippen LogP contribution in [0.1, 0.15) is 15.9 Å². The number of aromatic nitrogens is 2. The second kappa shape index (κ2) is 3.34. The lowest BCUT2D eigenvalue weighted by molar-refractivity contribution is -0.641. The van der Waals surface area contributed by atoms with E-state index in [4.69, 9.17) is 10.8 Å². The summed E-state index contributed by atoms with van der Waals surface area (Å²) in [5, 5.41) is 24.2. The van der Waals surface area contributed by atoms with Crippen molar-refractivity contribution in [2.24, 2.45) is 0 Å². The molecule has 0 aliphatic rings. The summed E-state index contributed by atoms with van der Waals surface area (Å²) in [7, 11) is 0. The van der Waals surface area contributed by atoms with E-state index >= 15 is 0 Å². The molecule has 2 rings (SSSR count). The highest BCUT2D eigenvalue weighted by Crippen LogP contribution is 2.20. The summed E-state index contributed by atoms with van der Waals surface area (Å²) in [6.45, 7) is 1.80. The molecule has 16 heavy (non-hydrogen) atoms.